The molecular formula is C23H19N5O2. The van der Waals surface area contributed by atoms with Crippen LogP contribution in [0.2, 0.25) is 0 Å². The fourth-order valence-corrected chi connectivity index (χ4v) is 4.08. The Balaban J connectivity index is 1.29. The summed E-state index contributed by atoms with van der Waals surface area (Å²) in [5, 5.41) is 9.51. The second kappa shape index (κ2) is 6.95. The SMILES string of the molecule is c1ccc2oc(-c3cnnc(N4CCCC(c5nc6ccccc6o5)C4)n3)cc2c1. The first-order valence-electron chi connectivity index (χ1n) is 10.1. The molecule has 30 heavy (non-hydrogen) atoms. The van der Waals surface area contributed by atoms with Crippen molar-refractivity contribution < 1.29 is 8.83 Å². The van der Waals surface area contributed by atoms with Gasteiger partial charge in [-0.05, 0) is 37.1 Å². The van der Waals surface area contributed by atoms with Crippen LogP contribution in [0.5, 0.6) is 0 Å². The molecule has 7 heteroatoms. The van der Waals surface area contributed by atoms with E-state index in [0.717, 1.165) is 53.9 Å². The summed E-state index contributed by atoms with van der Waals surface area (Å²) in [7, 11) is 0. The van der Waals surface area contributed by atoms with Crippen LogP contribution < -0.4 is 4.90 Å². The highest BCUT2D eigenvalue weighted by Crippen LogP contribution is 2.31. The van der Waals surface area contributed by atoms with E-state index in [4.69, 9.17) is 13.8 Å². The molecular weight excluding hydrogens is 378 g/mol. The molecule has 1 saturated heterocycles. The topological polar surface area (TPSA) is 81.1 Å². The monoisotopic (exact) mass is 397 g/mol. The van der Waals surface area contributed by atoms with Gasteiger partial charge in [-0.2, -0.15) is 5.10 Å². The maximum atomic E-state index is 6.01. The molecule has 0 saturated carbocycles. The van der Waals surface area contributed by atoms with Crippen molar-refractivity contribution >= 4 is 28.0 Å². The van der Waals surface area contributed by atoms with Crippen LogP contribution in [-0.2, 0) is 0 Å². The van der Waals surface area contributed by atoms with Crippen molar-refractivity contribution in [2.24, 2.45) is 0 Å². The van der Waals surface area contributed by atoms with Crippen LogP contribution in [0.3, 0.4) is 0 Å². The molecule has 0 N–H and O–H groups in total. The number of oxazole rings is 1. The Labute approximate surface area is 172 Å². The third kappa shape index (κ3) is 2.99. The van der Waals surface area contributed by atoms with E-state index < -0.39 is 0 Å². The van der Waals surface area contributed by atoms with Gasteiger partial charge in [-0.1, -0.05) is 30.3 Å². The van der Waals surface area contributed by atoms with Crippen LogP contribution in [0.4, 0.5) is 5.95 Å². The van der Waals surface area contributed by atoms with Crippen LogP contribution in [0.15, 0.2) is 69.6 Å². The van der Waals surface area contributed by atoms with Gasteiger partial charge in [0.15, 0.2) is 17.2 Å². The highest BCUT2D eigenvalue weighted by molar-refractivity contribution is 5.82. The minimum atomic E-state index is 0.199. The quantitative estimate of drug-likeness (QED) is 0.432. The lowest BCUT2D eigenvalue weighted by atomic mass is 9.98. The standard InChI is InChI=1S/C23H19N5O2/c1-3-9-19-15(6-1)12-21(29-19)18-13-24-27-23(26-18)28-11-5-7-16(14-28)22-25-17-8-2-4-10-20(17)30-22/h1-4,6,8-10,12-13,16H,5,7,11,14H2. The predicted molar refractivity (Wildman–Crippen MR) is 113 cm³/mol. The third-order valence-electron chi connectivity index (χ3n) is 5.59. The van der Waals surface area contributed by atoms with Gasteiger partial charge in [-0.3, -0.25) is 0 Å². The summed E-state index contributed by atoms with van der Waals surface area (Å²) < 4.78 is 12.0. The van der Waals surface area contributed by atoms with Crippen LogP contribution >= 0.6 is 0 Å². The van der Waals surface area contributed by atoms with Gasteiger partial charge >= 0.3 is 0 Å². The fraction of sp³-hybridized carbons (Fsp3) is 0.217. The third-order valence-corrected chi connectivity index (χ3v) is 5.59. The maximum absolute atomic E-state index is 6.01. The summed E-state index contributed by atoms with van der Waals surface area (Å²) in [5.74, 6) is 2.28. The Kier molecular flexibility index (Phi) is 3.97. The molecule has 0 bridgehead atoms. The van der Waals surface area contributed by atoms with E-state index >= 15 is 0 Å². The summed E-state index contributed by atoms with van der Waals surface area (Å²) in [5.41, 5.74) is 3.24. The van der Waals surface area contributed by atoms with E-state index in [-0.39, 0.29) is 5.92 Å². The molecule has 1 unspecified atom stereocenters. The molecule has 5 aromatic rings. The Morgan fingerprint density at radius 3 is 2.70 bits per heavy atom. The molecule has 148 valence electrons. The molecule has 6 rings (SSSR count). The number of para-hydroxylation sites is 3. The predicted octanol–water partition coefficient (Wildman–Crippen LogP) is 4.81. The van der Waals surface area contributed by atoms with Gasteiger partial charge in [-0.15, -0.1) is 5.10 Å². The largest absolute Gasteiger partial charge is 0.454 e. The Morgan fingerprint density at radius 2 is 1.80 bits per heavy atom. The zero-order valence-electron chi connectivity index (χ0n) is 16.2. The number of benzene rings is 2. The molecule has 1 fully saturated rings. The smallest absolute Gasteiger partial charge is 0.246 e. The lowest BCUT2D eigenvalue weighted by Gasteiger charge is -2.30. The minimum Gasteiger partial charge on any atom is -0.454 e. The molecule has 7 nitrogen and oxygen atoms in total. The maximum Gasteiger partial charge on any atom is 0.246 e. The second-order valence-electron chi connectivity index (χ2n) is 7.60. The average molecular weight is 397 g/mol. The summed E-state index contributed by atoms with van der Waals surface area (Å²) in [6, 6.07) is 17.8. The summed E-state index contributed by atoms with van der Waals surface area (Å²) >= 11 is 0. The molecule has 4 heterocycles. The second-order valence-corrected chi connectivity index (χ2v) is 7.60. The molecule has 2 aromatic carbocycles. The Morgan fingerprint density at radius 1 is 0.933 bits per heavy atom. The molecule has 0 spiro atoms. The number of piperidine rings is 1. The molecule has 1 aliphatic heterocycles. The summed E-state index contributed by atoms with van der Waals surface area (Å²) in [6.45, 7) is 1.63. The van der Waals surface area contributed by atoms with Crippen molar-refractivity contribution in [3.8, 4) is 11.5 Å². The summed E-state index contributed by atoms with van der Waals surface area (Å²) in [4.78, 5) is 11.6. The molecule has 0 amide bonds. The average Bonchev–Trinajstić information content (AvgIpc) is 3.44. The fourth-order valence-electron chi connectivity index (χ4n) is 4.08. The van der Waals surface area contributed by atoms with E-state index in [1.165, 1.54) is 0 Å². The van der Waals surface area contributed by atoms with Gasteiger partial charge in [0, 0.05) is 18.5 Å². The zero-order valence-corrected chi connectivity index (χ0v) is 16.2. The van der Waals surface area contributed by atoms with Gasteiger partial charge in [0.25, 0.3) is 0 Å². The van der Waals surface area contributed by atoms with E-state index in [1.54, 1.807) is 6.20 Å². The van der Waals surface area contributed by atoms with Crippen molar-refractivity contribution in [3.63, 3.8) is 0 Å². The summed E-state index contributed by atoms with van der Waals surface area (Å²) in [6.07, 6.45) is 3.69. The van der Waals surface area contributed by atoms with Crippen LogP contribution in [0.1, 0.15) is 24.7 Å². The first-order valence-corrected chi connectivity index (χ1v) is 10.1. The number of hydrogen-bond acceptors (Lipinski definition) is 7. The minimum absolute atomic E-state index is 0.199. The van der Waals surface area contributed by atoms with Crippen molar-refractivity contribution in [3.05, 3.63) is 66.7 Å². The Hall–Kier alpha value is -3.74. The molecule has 3 aromatic heterocycles. The number of furan rings is 1. The van der Waals surface area contributed by atoms with Crippen molar-refractivity contribution in [2.75, 3.05) is 18.0 Å². The molecule has 0 aliphatic carbocycles. The first kappa shape index (κ1) is 17.1. The molecule has 0 radical (unpaired) electrons. The lowest BCUT2D eigenvalue weighted by Crippen LogP contribution is -2.35. The van der Waals surface area contributed by atoms with E-state index in [2.05, 4.69) is 20.1 Å². The van der Waals surface area contributed by atoms with Gasteiger partial charge < -0.3 is 13.7 Å². The molecule has 1 aliphatic rings. The zero-order chi connectivity index (χ0) is 19.9. The highest BCUT2D eigenvalue weighted by atomic mass is 16.3. The normalized spacial score (nSPS) is 17.1. The number of fused-ring (bicyclic) bond motifs is 2. The number of nitrogens with zero attached hydrogens (tertiary/aromatic N) is 5. The van der Waals surface area contributed by atoms with Gasteiger partial charge in [0.2, 0.25) is 5.95 Å². The van der Waals surface area contributed by atoms with Gasteiger partial charge in [-0.25, -0.2) is 9.97 Å². The van der Waals surface area contributed by atoms with Crippen LogP contribution in [0, 0.1) is 0 Å². The van der Waals surface area contributed by atoms with E-state index in [0.29, 0.717) is 17.4 Å². The number of anilines is 1. The Bertz CT molecular complexity index is 1280. The van der Waals surface area contributed by atoms with Crippen molar-refractivity contribution in [1.82, 2.24) is 20.2 Å². The highest BCUT2D eigenvalue weighted by Gasteiger charge is 2.27. The number of hydrogen-bond donors (Lipinski definition) is 0. The van der Waals surface area contributed by atoms with Crippen LogP contribution in [-0.4, -0.2) is 33.3 Å². The van der Waals surface area contributed by atoms with Gasteiger partial charge in [0.05, 0.1) is 12.1 Å². The van der Waals surface area contributed by atoms with E-state index in [1.807, 2.05) is 54.6 Å². The van der Waals surface area contributed by atoms with Crippen LogP contribution in [0.25, 0.3) is 33.5 Å². The van der Waals surface area contributed by atoms with E-state index in [9.17, 15) is 0 Å². The van der Waals surface area contributed by atoms with Crippen molar-refractivity contribution in [2.45, 2.75) is 18.8 Å². The lowest BCUT2D eigenvalue weighted by molar-refractivity contribution is 0.410. The first-order chi connectivity index (χ1) is 14.8. The number of aromatic nitrogens is 4. The molecule has 1 atom stereocenters. The van der Waals surface area contributed by atoms with Crippen molar-refractivity contribution in [1.29, 1.82) is 0 Å². The number of rotatable bonds is 3. The van der Waals surface area contributed by atoms with Gasteiger partial charge in [0.1, 0.15) is 16.8 Å².